The number of aliphatic carboxylic acids is 1. The molecule has 15 heteroatoms. The van der Waals surface area contributed by atoms with Crippen LogP contribution in [0.1, 0.15) is 6.42 Å². The van der Waals surface area contributed by atoms with Gasteiger partial charge in [-0.2, -0.15) is 0 Å². The first-order chi connectivity index (χ1) is 13.5. The highest BCUT2D eigenvalue weighted by molar-refractivity contribution is 7.58. The molecule has 6 N–H and O–H groups in total. The second kappa shape index (κ2) is 12.8. The highest BCUT2D eigenvalue weighted by Crippen LogP contribution is 2.42. The van der Waals surface area contributed by atoms with Crippen LogP contribution in [0.15, 0.2) is 0 Å². The zero-order valence-corrected chi connectivity index (χ0v) is 19.0. The van der Waals surface area contributed by atoms with E-state index in [1.54, 1.807) is 9.80 Å². The fraction of sp³-hybridized carbons (Fsp3) is 0.929. The lowest BCUT2D eigenvalue weighted by molar-refractivity contribution is -0.136. The van der Waals surface area contributed by atoms with Crippen LogP contribution in [0.25, 0.3) is 0 Å². The van der Waals surface area contributed by atoms with Crippen molar-refractivity contribution in [2.75, 3.05) is 77.0 Å². The molecule has 0 aromatic carbocycles. The van der Waals surface area contributed by atoms with Crippen LogP contribution in [0.2, 0.25) is 0 Å². The molecule has 1 aliphatic heterocycles. The second-order valence-corrected chi connectivity index (χ2v) is 13.4. The number of carboxylic acid groups (broad SMARTS) is 1. The Morgan fingerprint density at radius 1 is 0.862 bits per heavy atom. The van der Waals surface area contributed by atoms with E-state index in [1.807, 2.05) is 4.90 Å². The summed E-state index contributed by atoms with van der Waals surface area (Å²) in [7, 11) is -9.04. The summed E-state index contributed by atoms with van der Waals surface area (Å²) in [5.74, 6) is -1.15. The van der Waals surface area contributed by atoms with Gasteiger partial charge in [0.2, 0.25) is 14.7 Å². The summed E-state index contributed by atoms with van der Waals surface area (Å²) in [6, 6.07) is 0. The van der Waals surface area contributed by atoms with E-state index in [4.69, 9.17) is 15.3 Å². The second-order valence-electron chi connectivity index (χ2n) is 7.13. The van der Waals surface area contributed by atoms with Crippen LogP contribution < -0.4 is 0 Å². The molecule has 3 atom stereocenters. The van der Waals surface area contributed by atoms with Gasteiger partial charge in [-0.15, -0.1) is 0 Å². The van der Waals surface area contributed by atoms with E-state index in [0.717, 1.165) is 0 Å². The number of aliphatic hydroxyl groups excluding tert-OH is 2. The topological polar surface area (TPSA) is 182 Å². The van der Waals surface area contributed by atoms with Gasteiger partial charge < -0.3 is 30.0 Å². The van der Waals surface area contributed by atoms with Crippen LogP contribution in [0, 0.1) is 0 Å². The van der Waals surface area contributed by atoms with Crippen molar-refractivity contribution in [3.05, 3.63) is 0 Å². The smallest absolute Gasteiger partial charge is 0.303 e. The molecule has 1 heterocycles. The van der Waals surface area contributed by atoms with E-state index < -0.39 is 41.6 Å². The minimum Gasteiger partial charge on any atom is -0.481 e. The van der Waals surface area contributed by atoms with Crippen molar-refractivity contribution in [1.82, 2.24) is 14.7 Å². The van der Waals surface area contributed by atoms with Crippen LogP contribution in [0.3, 0.4) is 0 Å². The molecule has 0 aromatic rings. The fourth-order valence-electron chi connectivity index (χ4n) is 2.89. The summed E-state index contributed by atoms with van der Waals surface area (Å²) in [4.78, 5) is 45.6. The van der Waals surface area contributed by atoms with Crippen LogP contribution in [0.4, 0.5) is 0 Å². The molecule has 1 fully saturated rings. The summed E-state index contributed by atoms with van der Waals surface area (Å²) >= 11 is 0. The predicted octanol–water partition coefficient (Wildman–Crippen LogP) is -0.917. The Morgan fingerprint density at radius 2 is 1.31 bits per heavy atom. The first-order valence-corrected chi connectivity index (χ1v) is 14.8. The third-order valence-electron chi connectivity index (χ3n) is 4.46. The average Bonchev–Trinajstić information content (AvgIpc) is 2.72. The molecular formula is C14H32N3O9P3. The molecule has 0 radical (unpaired) electrons. The number of rotatable bonds is 11. The molecule has 1 saturated heterocycles. The standard InChI is InChI=1S/C14H32N3O9P3/c18-12-27(22)9-15-2-4-16(10-28(23,24)8-1-14(20)21)6-7-17(5-3-15)11-29(25,26)13-19/h18-19,22H,1-13H2,(H,20,21)(H,23,24)(H,25,26). The molecule has 1 aliphatic rings. The molecule has 172 valence electrons. The van der Waals surface area contributed by atoms with E-state index in [0.29, 0.717) is 39.3 Å². The number of carbonyl (C=O) groups is 1. The van der Waals surface area contributed by atoms with Crippen LogP contribution in [0.5, 0.6) is 0 Å². The van der Waals surface area contributed by atoms with Crippen molar-refractivity contribution in [2.45, 2.75) is 6.42 Å². The molecule has 12 nitrogen and oxygen atoms in total. The Morgan fingerprint density at radius 3 is 1.72 bits per heavy atom. The number of carboxylic acids is 1. The van der Waals surface area contributed by atoms with E-state index >= 15 is 0 Å². The molecule has 0 aliphatic carbocycles. The predicted molar refractivity (Wildman–Crippen MR) is 109 cm³/mol. The summed E-state index contributed by atoms with van der Waals surface area (Å²) in [6.45, 7) is 2.33. The summed E-state index contributed by atoms with van der Waals surface area (Å²) in [6.07, 6.45) is -2.13. The summed E-state index contributed by atoms with van der Waals surface area (Å²) < 4.78 is 24.3. The molecule has 0 saturated carbocycles. The normalized spacial score (nSPS) is 23.3. The lowest BCUT2D eigenvalue weighted by atomic mass is 10.5. The van der Waals surface area contributed by atoms with Gasteiger partial charge in [0.1, 0.15) is 6.35 Å². The van der Waals surface area contributed by atoms with Crippen molar-refractivity contribution in [3.8, 4) is 0 Å². The maximum Gasteiger partial charge on any atom is 0.303 e. The maximum atomic E-state index is 12.4. The Labute approximate surface area is 171 Å². The van der Waals surface area contributed by atoms with Gasteiger partial charge in [0.25, 0.3) is 0 Å². The lowest BCUT2D eigenvalue weighted by Gasteiger charge is -2.28. The van der Waals surface area contributed by atoms with Gasteiger partial charge >= 0.3 is 5.97 Å². The fourth-order valence-corrected chi connectivity index (χ4v) is 6.32. The zero-order valence-electron chi connectivity index (χ0n) is 16.3. The zero-order chi connectivity index (χ0) is 22.1. The van der Waals surface area contributed by atoms with Crippen LogP contribution >= 0.6 is 22.9 Å². The molecule has 1 rings (SSSR count). The molecule has 0 spiro atoms. The van der Waals surface area contributed by atoms with E-state index in [2.05, 4.69) is 0 Å². The van der Waals surface area contributed by atoms with Crippen LogP contribution in [-0.2, 0) is 13.9 Å². The van der Waals surface area contributed by atoms with Crippen molar-refractivity contribution in [2.24, 2.45) is 0 Å². The van der Waals surface area contributed by atoms with E-state index in [9.17, 15) is 28.6 Å². The molecule has 29 heavy (non-hydrogen) atoms. The SMILES string of the molecule is O=C(O)CCP(=O)(O)CN1CCN(CP(O)CO)CCN(CP(=O)(O)CO)CC1. The monoisotopic (exact) mass is 479 g/mol. The Bertz CT molecular complexity index is 612. The van der Waals surface area contributed by atoms with Crippen molar-refractivity contribution < 1.29 is 43.9 Å². The Balaban J connectivity index is 2.85. The molecule has 0 amide bonds. The number of aliphatic hydroxyl groups is 2. The third kappa shape index (κ3) is 11.9. The summed E-state index contributed by atoms with van der Waals surface area (Å²) in [5, 5.41) is 26.9. The highest BCUT2D eigenvalue weighted by Gasteiger charge is 2.27. The Kier molecular flexibility index (Phi) is 11.9. The Hall–Kier alpha value is 0.0400. The largest absolute Gasteiger partial charge is 0.481 e. The highest BCUT2D eigenvalue weighted by atomic mass is 31.2. The lowest BCUT2D eigenvalue weighted by Crippen LogP contribution is -2.37. The first-order valence-electron chi connectivity index (χ1n) is 9.12. The quantitative estimate of drug-likeness (QED) is 0.201. The van der Waals surface area contributed by atoms with E-state index in [-0.39, 0.29) is 31.4 Å². The maximum absolute atomic E-state index is 12.4. The minimum atomic E-state index is -3.74. The third-order valence-corrected chi connectivity index (χ3v) is 8.56. The van der Waals surface area contributed by atoms with Gasteiger partial charge in [-0.1, -0.05) is 0 Å². The first kappa shape index (κ1) is 27.1. The van der Waals surface area contributed by atoms with Crippen molar-refractivity contribution in [3.63, 3.8) is 0 Å². The summed E-state index contributed by atoms with van der Waals surface area (Å²) in [5.41, 5.74) is 0. The van der Waals surface area contributed by atoms with Crippen molar-refractivity contribution >= 4 is 28.9 Å². The molecule has 0 aromatic heterocycles. The van der Waals surface area contributed by atoms with Gasteiger partial charge in [-0.3, -0.25) is 28.6 Å². The number of hydrogen-bond donors (Lipinski definition) is 6. The molecule has 3 unspecified atom stereocenters. The molecular weight excluding hydrogens is 447 g/mol. The number of nitrogens with zero attached hydrogens (tertiary/aromatic N) is 3. The minimum absolute atomic E-state index is 0.202. The van der Waals surface area contributed by atoms with Crippen molar-refractivity contribution in [1.29, 1.82) is 0 Å². The number of hydrogen-bond acceptors (Lipinski definition) is 9. The van der Waals surface area contributed by atoms with E-state index in [1.165, 1.54) is 0 Å². The van der Waals surface area contributed by atoms with Gasteiger partial charge in [-0.05, 0) is 0 Å². The van der Waals surface area contributed by atoms with Gasteiger partial charge in [-0.25, -0.2) is 0 Å². The average molecular weight is 479 g/mol. The van der Waals surface area contributed by atoms with Gasteiger partial charge in [0.05, 0.1) is 33.5 Å². The van der Waals surface area contributed by atoms with Gasteiger partial charge in [0.15, 0.2) is 0 Å². The van der Waals surface area contributed by atoms with Gasteiger partial charge in [0, 0.05) is 51.7 Å². The molecule has 0 bridgehead atoms. The van der Waals surface area contributed by atoms with Crippen LogP contribution in [-0.4, -0.2) is 128 Å².